The summed E-state index contributed by atoms with van der Waals surface area (Å²) in [5.41, 5.74) is -0.441. The van der Waals surface area contributed by atoms with E-state index in [-0.39, 0.29) is 23.7 Å². The second kappa shape index (κ2) is 5.87. The van der Waals surface area contributed by atoms with Gasteiger partial charge in [0.05, 0.1) is 18.4 Å². The van der Waals surface area contributed by atoms with E-state index in [4.69, 9.17) is 0 Å². The SMILES string of the molecule is Cc1cnc(C(=O)NCc2nnc3c(C(F)(F)F)cccn23)cn1. The molecule has 0 radical (unpaired) electrons. The van der Waals surface area contributed by atoms with Crippen molar-refractivity contribution >= 4 is 11.6 Å². The van der Waals surface area contributed by atoms with E-state index >= 15 is 0 Å². The van der Waals surface area contributed by atoms with E-state index in [1.807, 2.05) is 0 Å². The topological polar surface area (TPSA) is 85.1 Å². The van der Waals surface area contributed by atoms with Crippen LogP contribution in [-0.4, -0.2) is 30.5 Å². The van der Waals surface area contributed by atoms with Crippen LogP contribution < -0.4 is 5.32 Å². The van der Waals surface area contributed by atoms with Gasteiger partial charge in [-0.25, -0.2) is 4.98 Å². The third-order valence-electron chi connectivity index (χ3n) is 3.23. The third kappa shape index (κ3) is 3.03. The smallest absolute Gasteiger partial charge is 0.343 e. The van der Waals surface area contributed by atoms with Crippen molar-refractivity contribution in [3.05, 3.63) is 53.5 Å². The molecule has 10 heteroatoms. The maximum absolute atomic E-state index is 12.9. The van der Waals surface area contributed by atoms with Crippen molar-refractivity contribution in [1.82, 2.24) is 29.9 Å². The van der Waals surface area contributed by atoms with Crippen molar-refractivity contribution < 1.29 is 18.0 Å². The summed E-state index contributed by atoms with van der Waals surface area (Å²) in [4.78, 5) is 19.8. The van der Waals surface area contributed by atoms with Gasteiger partial charge in [0.15, 0.2) is 11.5 Å². The van der Waals surface area contributed by atoms with Crippen molar-refractivity contribution in [1.29, 1.82) is 0 Å². The lowest BCUT2D eigenvalue weighted by Gasteiger charge is -2.08. The molecule has 3 aromatic heterocycles. The number of fused-ring (bicyclic) bond motifs is 1. The van der Waals surface area contributed by atoms with E-state index in [1.54, 1.807) is 6.92 Å². The van der Waals surface area contributed by atoms with Crippen LogP contribution in [0.5, 0.6) is 0 Å². The van der Waals surface area contributed by atoms with Crippen LogP contribution in [0.15, 0.2) is 30.7 Å². The molecule has 1 N–H and O–H groups in total. The number of carbonyl (C=O) groups is 1. The number of halogens is 3. The molecule has 0 atom stereocenters. The number of aryl methyl sites for hydroxylation is 1. The Kier molecular flexibility index (Phi) is 3.87. The number of hydrogen-bond donors (Lipinski definition) is 1. The van der Waals surface area contributed by atoms with E-state index in [0.717, 1.165) is 6.07 Å². The van der Waals surface area contributed by atoms with Crippen LogP contribution in [0.25, 0.3) is 5.65 Å². The first kappa shape index (κ1) is 15.8. The maximum atomic E-state index is 12.9. The molecule has 0 spiro atoms. The molecule has 1 amide bonds. The van der Waals surface area contributed by atoms with E-state index in [1.165, 1.54) is 29.1 Å². The summed E-state index contributed by atoms with van der Waals surface area (Å²) in [5, 5.41) is 9.80. The average Bonchev–Trinajstić information content (AvgIpc) is 2.95. The molecule has 3 heterocycles. The van der Waals surface area contributed by atoms with Crippen molar-refractivity contribution in [2.24, 2.45) is 0 Å². The van der Waals surface area contributed by atoms with Crippen molar-refractivity contribution in [2.75, 3.05) is 0 Å². The Bertz CT molecular complexity index is 888. The van der Waals surface area contributed by atoms with E-state index in [2.05, 4.69) is 25.5 Å². The summed E-state index contributed by atoms with van der Waals surface area (Å²) in [5.74, 6) is -0.337. The molecule has 24 heavy (non-hydrogen) atoms. The quantitative estimate of drug-likeness (QED) is 0.788. The Morgan fingerprint density at radius 3 is 2.71 bits per heavy atom. The molecule has 0 aliphatic carbocycles. The zero-order valence-electron chi connectivity index (χ0n) is 12.4. The molecular weight excluding hydrogens is 325 g/mol. The number of aromatic nitrogens is 5. The van der Waals surface area contributed by atoms with Crippen LogP contribution in [0.3, 0.4) is 0 Å². The summed E-state index contributed by atoms with van der Waals surface area (Å²) in [6.45, 7) is 1.63. The molecule has 124 valence electrons. The molecule has 0 saturated carbocycles. The number of nitrogens with zero attached hydrogens (tertiary/aromatic N) is 5. The first-order chi connectivity index (χ1) is 11.4. The van der Waals surface area contributed by atoms with Crippen LogP contribution in [0.1, 0.15) is 27.6 Å². The largest absolute Gasteiger partial charge is 0.420 e. The molecule has 3 rings (SSSR count). The molecular formula is C14H11F3N6O. The predicted molar refractivity (Wildman–Crippen MR) is 75.9 cm³/mol. The lowest BCUT2D eigenvalue weighted by Crippen LogP contribution is -2.25. The van der Waals surface area contributed by atoms with Crippen LogP contribution >= 0.6 is 0 Å². The minimum atomic E-state index is -4.53. The highest BCUT2D eigenvalue weighted by Crippen LogP contribution is 2.31. The lowest BCUT2D eigenvalue weighted by atomic mass is 10.2. The zero-order chi connectivity index (χ0) is 17.3. The fourth-order valence-electron chi connectivity index (χ4n) is 2.07. The number of carbonyl (C=O) groups excluding carboxylic acids is 1. The van der Waals surface area contributed by atoms with E-state index < -0.39 is 17.6 Å². The second-order valence-electron chi connectivity index (χ2n) is 4.96. The van der Waals surface area contributed by atoms with Crippen molar-refractivity contribution in [3.8, 4) is 0 Å². The van der Waals surface area contributed by atoms with Gasteiger partial charge in [-0.05, 0) is 19.1 Å². The molecule has 0 aliphatic rings. The highest BCUT2D eigenvalue weighted by molar-refractivity contribution is 5.91. The number of rotatable bonds is 3. The predicted octanol–water partition coefficient (Wildman–Crippen LogP) is 1.78. The van der Waals surface area contributed by atoms with Gasteiger partial charge >= 0.3 is 6.18 Å². The van der Waals surface area contributed by atoms with E-state index in [0.29, 0.717) is 5.69 Å². The first-order valence-corrected chi connectivity index (χ1v) is 6.83. The molecule has 0 aliphatic heterocycles. The van der Waals surface area contributed by atoms with Crippen molar-refractivity contribution in [2.45, 2.75) is 19.6 Å². The van der Waals surface area contributed by atoms with Gasteiger partial charge in [-0.2, -0.15) is 13.2 Å². The van der Waals surface area contributed by atoms with Gasteiger partial charge in [0.1, 0.15) is 11.3 Å². The summed E-state index contributed by atoms with van der Waals surface area (Å²) in [6.07, 6.45) is -0.378. The van der Waals surface area contributed by atoms with Crippen molar-refractivity contribution in [3.63, 3.8) is 0 Å². The summed E-state index contributed by atoms with van der Waals surface area (Å²) in [6, 6.07) is 2.17. The summed E-state index contributed by atoms with van der Waals surface area (Å²) < 4.78 is 40.0. The Hall–Kier alpha value is -3.04. The van der Waals surface area contributed by atoms with Gasteiger partial charge in [0.25, 0.3) is 5.91 Å². The van der Waals surface area contributed by atoms with E-state index in [9.17, 15) is 18.0 Å². The molecule has 0 saturated heterocycles. The highest BCUT2D eigenvalue weighted by Gasteiger charge is 2.34. The molecule has 0 unspecified atom stereocenters. The summed E-state index contributed by atoms with van der Waals surface area (Å²) in [7, 11) is 0. The van der Waals surface area contributed by atoms with Crippen LogP contribution in [0, 0.1) is 6.92 Å². The van der Waals surface area contributed by atoms with Crippen LogP contribution in [0.4, 0.5) is 13.2 Å². The number of pyridine rings is 1. The Morgan fingerprint density at radius 2 is 2.04 bits per heavy atom. The maximum Gasteiger partial charge on any atom is 0.420 e. The first-order valence-electron chi connectivity index (χ1n) is 6.83. The zero-order valence-corrected chi connectivity index (χ0v) is 12.4. The Balaban J connectivity index is 1.81. The van der Waals surface area contributed by atoms with Gasteiger partial charge in [-0.1, -0.05) is 0 Å². The molecule has 0 aromatic carbocycles. The van der Waals surface area contributed by atoms with Crippen LogP contribution in [0.2, 0.25) is 0 Å². The fourth-order valence-corrected chi connectivity index (χ4v) is 2.07. The normalized spacial score (nSPS) is 11.7. The number of hydrogen-bond acceptors (Lipinski definition) is 5. The molecule has 7 nitrogen and oxygen atoms in total. The number of alkyl halides is 3. The number of amides is 1. The van der Waals surface area contributed by atoms with Gasteiger partial charge in [-0.15, -0.1) is 10.2 Å². The summed E-state index contributed by atoms with van der Waals surface area (Å²) >= 11 is 0. The molecule has 3 aromatic rings. The lowest BCUT2D eigenvalue weighted by molar-refractivity contribution is -0.136. The van der Waals surface area contributed by atoms with Gasteiger partial charge in [0, 0.05) is 12.4 Å². The Morgan fingerprint density at radius 1 is 1.25 bits per heavy atom. The van der Waals surface area contributed by atoms with Crippen LogP contribution in [-0.2, 0) is 12.7 Å². The van der Waals surface area contributed by atoms with Gasteiger partial charge in [-0.3, -0.25) is 14.2 Å². The van der Waals surface area contributed by atoms with Gasteiger partial charge < -0.3 is 5.32 Å². The Labute approximate surface area is 133 Å². The minimum Gasteiger partial charge on any atom is -0.343 e. The molecule has 0 bridgehead atoms. The highest BCUT2D eigenvalue weighted by atomic mass is 19.4. The average molecular weight is 336 g/mol. The fraction of sp³-hybridized carbons (Fsp3) is 0.214. The minimum absolute atomic E-state index is 0.100. The standard InChI is InChI=1S/C14H11F3N6O/c1-8-5-19-10(6-18-8)13(24)20-7-11-21-22-12-9(14(15,16)17)3-2-4-23(11)12/h2-6H,7H2,1H3,(H,20,24). The van der Waals surface area contributed by atoms with Gasteiger partial charge in [0.2, 0.25) is 0 Å². The second-order valence-corrected chi connectivity index (χ2v) is 4.96. The monoisotopic (exact) mass is 336 g/mol. The molecule has 0 fully saturated rings. The number of nitrogens with one attached hydrogen (secondary N) is 1. The third-order valence-corrected chi connectivity index (χ3v) is 3.23.